The second kappa shape index (κ2) is 7.24. The van der Waals surface area contributed by atoms with Crippen LogP contribution < -0.4 is 0 Å². The zero-order chi connectivity index (χ0) is 11.0. The van der Waals surface area contributed by atoms with Crippen LogP contribution in [0.4, 0.5) is 0 Å². The molecule has 0 spiro atoms. The Labute approximate surface area is 89.0 Å². The monoisotopic (exact) mass is 202 g/mol. The fraction of sp³-hybridized carbons (Fsp3) is 1.00. The van der Waals surface area contributed by atoms with Gasteiger partial charge in [-0.25, -0.2) is 0 Å². The molecule has 0 saturated carbocycles. The van der Waals surface area contributed by atoms with Crippen LogP contribution in [0.2, 0.25) is 0 Å². The maximum absolute atomic E-state index is 5.62. The van der Waals surface area contributed by atoms with E-state index in [1.807, 2.05) is 13.8 Å². The molecule has 2 nitrogen and oxygen atoms in total. The molecule has 0 aromatic carbocycles. The number of rotatable bonds is 8. The Kier molecular flexibility index (Phi) is 7.20. The Morgan fingerprint density at radius 3 is 1.86 bits per heavy atom. The summed E-state index contributed by atoms with van der Waals surface area (Å²) in [6.07, 6.45) is 3.58. The van der Waals surface area contributed by atoms with Gasteiger partial charge in [-0.05, 0) is 20.3 Å². The maximum atomic E-state index is 5.62. The van der Waals surface area contributed by atoms with Gasteiger partial charge < -0.3 is 9.47 Å². The van der Waals surface area contributed by atoms with Gasteiger partial charge in [0.05, 0.1) is 0 Å². The van der Waals surface area contributed by atoms with Crippen LogP contribution in [0.1, 0.15) is 53.9 Å². The van der Waals surface area contributed by atoms with Crippen LogP contribution in [0.5, 0.6) is 0 Å². The summed E-state index contributed by atoms with van der Waals surface area (Å²) in [4.78, 5) is 0. The molecule has 2 heteroatoms. The first-order valence-electron chi connectivity index (χ1n) is 5.81. The first kappa shape index (κ1) is 13.9. The van der Waals surface area contributed by atoms with Crippen LogP contribution in [0.25, 0.3) is 0 Å². The van der Waals surface area contributed by atoms with Gasteiger partial charge in [-0.3, -0.25) is 0 Å². The third-order valence-corrected chi connectivity index (χ3v) is 2.45. The van der Waals surface area contributed by atoms with Gasteiger partial charge in [0.1, 0.15) is 0 Å². The molecule has 0 fully saturated rings. The van der Waals surface area contributed by atoms with Gasteiger partial charge in [0, 0.05) is 18.6 Å². The molecule has 0 aromatic rings. The van der Waals surface area contributed by atoms with Crippen molar-refractivity contribution >= 4 is 0 Å². The summed E-state index contributed by atoms with van der Waals surface area (Å²) in [6, 6.07) is 0. The molecule has 0 radical (unpaired) electrons. The molecular weight excluding hydrogens is 176 g/mol. The molecule has 0 rings (SSSR count). The lowest BCUT2D eigenvalue weighted by Gasteiger charge is -2.33. The summed E-state index contributed by atoms with van der Waals surface area (Å²) in [6.45, 7) is 12.1. The van der Waals surface area contributed by atoms with Crippen LogP contribution >= 0.6 is 0 Å². The molecule has 0 aliphatic carbocycles. The Hall–Kier alpha value is -0.0800. The topological polar surface area (TPSA) is 18.5 Å². The van der Waals surface area contributed by atoms with Crippen molar-refractivity contribution in [3.05, 3.63) is 0 Å². The van der Waals surface area contributed by atoms with Crippen molar-refractivity contribution in [2.45, 2.75) is 60.2 Å². The standard InChI is InChI=1S/C12H26O2/c1-6-9-10-12(4,5)11(13-7-2)14-8-3/h11H,6-10H2,1-5H3. The second-order valence-electron chi connectivity index (χ2n) is 4.33. The van der Waals surface area contributed by atoms with Crippen LogP contribution in [0.15, 0.2) is 0 Å². The van der Waals surface area contributed by atoms with E-state index in [2.05, 4.69) is 20.8 Å². The molecule has 0 aliphatic heterocycles. The molecule has 0 amide bonds. The molecule has 0 unspecified atom stereocenters. The average Bonchev–Trinajstić information content (AvgIpc) is 2.14. The molecule has 86 valence electrons. The first-order valence-corrected chi connectivity index (χ1v) is 5.81. The summed E-state index contributed by atoms with van der Waals surface area (Å²) in [7, 11) is 0. The van der Waals surface area contributed by atoms with Crippen LogP contribution in [-0.2, 0) is 9.47 Å². The van der Waals surface area contributed by atoms with Gasteiger partial charge in [-0.1, -0.05) is 33.6 Å². The number of ether oxygens (including phenoxy) is 2. The van der Waals surface area contributed by atoms with Gasteiger partial charge in [-0.2, -0.15) is 0 Å². The minimum absolute atomic E-state index is 0.0518. The molecule has 14 heavy (non-hydrogen) atoms. The van der Waals surface area contributed by atoms with Gasteiger partial charge in [0.2, 0.25) is 0 Å². The smallest absolute Gasteiger partial charge is 0.162 e. The van der Waals surface area contributed by atoms with Crippen molar-refractivity contribution in [2.24, 2.45) is 5.41 Å². The Bertz CT molecular complexity index is 126. The molecular formula is C12H26O2. The molecule has 0 N–H and O–H groups in total. The van der Waals surface area contributed by atoms with Gasteiger partial charge in [-0.15, -0.1) is 0 Å². The summed E-state index contributed by atoms with van der Waals surface area (Å²) in [5.41, 5.74) is 0.127. The SMILES string of the molecule is CCCCC(C)(C)C(OCC)OCC. The third kappa shape index (κ3) is 4.97. The van der Waals surface area contributed by atoms with Crippen molar-refractivity contribution in [3.8, 4) is 0 Å². The lowest BCUT2D eigenvalue weighted by Crippen LogP contribution is -2.34. The fourth-order valence-corrected chi connectivity index (χ4v) is 1.55. The van der Waals surface area contributed by atoms with Crippen molar-refractivity contribution < 1.29 is 9.47 Å². The Balaban J connectivity index is 4.13. The zero-order valence-corrected chi connectivity index (χ0v) is 10.4. The van der Waals surface area contributed by atoms with E-state index in [-0.39, 0.29) is 11.7 Å². The first-order chi connectivity index (χ1) is 6.58. The molecule has 0 saturated heterocycles. The van der Waals surface area contributed by atoms with E-state index < -0.39 is 0 Å². The normalized spacial score (nSPS) is 12.4. The van der Waals surface area contributed by atoms with Crippen molar-refractivity contribution in [1.82, 2.24) is 0 Å². The highest BCUT2D eigenvalue weighted by molar-refractivity contribution is 4.72. The maximum Gasteiger partial charge on any atom is 0.162 e. The average molecular weight is 202 g/mol. The van der Waals surface area contributed by atoms with Crippen molar-refractivity contribution in [3.63, 3.8) is 0 Å². The van der Waals surface area contributed by atoms with Crippen LogP contribution in [-0.4, -0.2) is 19.5 Å². The predicted octanol–water partition coefficient (Wildman–Crippen LogP) is 3.60. The van der Waals surface area contributed by atoms with E-state index in [4.69, 9.17) is 9.47 Å². The summed E-state index contributed by atoms with van der Waals surface area (Å²) >= 11 is 0. The van der Waals surface area contributed by atoms with Crippen LogP contribution in [0, 0.1) is 5.41 Å². The van der Waals surface area contributed by atoms with E-state index in [9.17, 15) is 0 Å². The van der Waals surface area contributed by atoms with E-state index in [0.29, 0.717) is 0 Å². The minimum atomic E-state index is -0.0518. The highest BCUT2D eigenvalue weighted by atomic mass is 16.7. The van der Waals surface area contributed by atoms with Crippen LogP contribution in [0.3, 0.4) is 0 Å². The Morgan fingerprint density at radius 1 is 1.00 bits per heavy atom. The number of unbranched alkanes of at least 4 members (excludes halogenated alkanes) is 1. The molecule has 0 atom stereocenters. The van der Waals surface area contributed by atoms with E-state index >= 15 is 0 Å². The fourth-order valence-electron chi connectivity index (χ4n) is 1.55. The highest BCUT2D eigenvalue weighted by Gasteiger charge is 2.29. The summed E-state index contributed by atoms with van der Waals surface area (Å²) in [5, 5.41) is 0. The van der Waals surface area contributed by atoms with E-state index in [0.717, 1.165) is 19.6 Å². The predicted molar refractivity (Wildman–Crippen MR) is 60.3 cm³/mol. The number of hydrogen-bond donors (Lipinski definition) is 0. The van der Waals surface area contributed by atoms with E-state index in [1.165, 1.54) is 12.8 Å². The molecule has 0 aromatic heterocycles. The second-order valence-corrected chi connectivity index (χ2v) is 4.33. The van der Waals surface area contributed by atoms with Gasteiger partial charge in [0.25, 0.3) is 0 Å². The lowest BCUT2D eigenvalue weighted by molar-refractivity contribution is -0.196. The molecule has 0 heterocycles. The van der Waals surface area contributed by atoms with Gasteiger partial charge >= 0.3 is 0 Å². The quantitative estimate of drug-likeness (QED) is 0.560. The summed E-state index contributed by atoms with van der Waals surface area (Å²) in [5.74, 6) is 0. The summed E-state index contributed by atoms with van der Waals surface area (Å²) < 4.78 is 11.2. The van der Waals surface area contributed by atoms with E-state index in [1.54, 1.807) is 0 Å². The molecule has 0 bridgehead atoms. The van der Waals surface area contributed by atoms with Crippen molar-refractivity contribution in [1.29, 1.82) is 0 Å². The largest absolute Gasteiger partial charge is 0.352 e. The lowest BCUT2D eigenvalue weighted by atomic mass is 9.86. The minimum Gasteiger partial charge on any atom is -0.352 e. The third-order valence-electron chi connectivity index (χ3n) is 2.45. The van der Waals surface area contributed by atoms with Gasteiger partial charge in [0.15, 0.2) is 6.29 Å². The zero-order valence-electron chi connectivity index (χ0n) is 10.4. The highest BCUT2D eigenvalue weighted by Crippen LogP contribution is 2.30. The van der Waals surface area contributed by atoms with Crippen molar-refractivity contribution in [2.75, 3.05) is 13.2 Å². The number of hydrogen-bond acceptors (Lipinski definition) is 2. The molecule has 0 aliphatic rings. The Morgan fingerprint density at radius 2 is 1.50 bits per heavy atom.